The maximum atomic E-state index is 13.1. The Labute approximate surface area is 134 Å². The smallest absolute Gasteiger partial charge is 0.315 e. The first-order chi connectivity index (χ1) is 10.6. The predicted molar refractivity (Wildman–Crippen MR) is 86.5 cm³/mol. The number of urea groups is 1. The zero-order valence-corrected chi connectivity index (χ0v) is 13.0. The lowest BCUT2D eigenvalue weighted by Gasteiger charge is -2.15. The SMILES string of the molecule is C[C@@H](NC(=O)NCCc1ccccc1)c1ccc(F)c(Cl)c1. The van der Waals surface area contributed by atoms with E-state index in [-0.39, 0.29) is 17.1 Å². The summed E-state index contributed by atoms with van der Waals surface area (Å²) in [7, 11) is 0. The van der Waals surface area contributed by atoms with E-state index in [1.54, 1.807) is 6.07 Å². The minimum atomic E-state index is -0.468. The summed E-state index contributed by atoms with van der Waals surface area (Å²) < 4.78 is 13.1. The van der Waals surface area contributed by atoms with Gasteiger partial charge in [0.2, 0.25) is 0 Å². The van der Waals surface area contributed by atoms with Gasteiger partial charge in [-0.15, -0.1) is 0 Å². The standard InChI is InChI=1S/C17H18ClFN2O/c1-12(14-7-8-16(19)15(18)11-14)21-17(22)20-10-9-13-5-3-2-4-6-13/h2-8,11-12H,9-10H2,1H3,(H2,20,21,22)/t12-/m1/s1. The Morgan fingerprint density at radius 3 is 2.64 bits per heavy atom. The molecule has 0 aliphatic carbocycles. The number of benzene rings is 2. The average molecular weight is 321 g/mol. The summed E-state index contributed by atoms with van der Waals surface area (Å²) in [6, 6.07) is 13.8. The van der Waals surface area contributed by atoms with Crippen LogP contribution in [-0.2, 0) is 6.42 Å². The zero-order chi connectivity index (χ0) is 15.9. The number of rotatable bonds is 5. The van der Waals surface area contributed by atoms with Crippen LogP contribution in [0.15, 0.2) is 48.5 Å². The van der Waals surface area contributed by atoms with Crippen molar-refractivity contribution in [3.8, 4) is 0 Å². The maximum Gasteiger partial charge on any atom is 0.315 e. The molecular formula is C17H18ClFN2O. The zero-order valence-electron chi connectivity index (χ0n) is 12.3. The van der Waals surface area contributed by atoms with Crippen LogP contribution in [0, 0.1) is 5.82 Å². The highest BCUT2D eigenvalue weighted by molar-refractivity contribution is 6.30. The molecule has 0 saturated heterocycles. The Morgan fingerprint density at radius 2 is 1.95 bits per heavy atom. The summed E-state index contributed by atoms with van der Waals surface area (Å²) in [6.07, 6.45) is 0.769. The molecule has 0 aromatic heterocycles. The fourth-order valence-electron chi connectivity index (χ4n) is 2.08. The summed E-state index contributed by atoms with van der Waals surface area (Å²) in [5.74, 6) is -0.468. The molecule has 0 heterocycles. The van der Waals surface area contributed by atoms with Crippen molar-refractivity contribution in [1.29, 1.82) is 0 Å². The quantitative estimate of drug-likeness (QED) is 0.856. The van der Waals surface area contributed by atoms with Crippen LogP contribution in [0.2, 0.25) is 5.02 Å². The minimum Gasteiger partial charge on any atom is -0.338 e. The average Bonchev–Trinajstić information content (AvgIpc) is 2.51. The second-order valence-electron chi connectivity index (χ2n) is 5.03. The largest absolute Gasteiger partial charge is 0.338 e. The van der Waals surface area contributed by atoms with E-state index in [4.69, 9.17) is 11.6 Å². The lowest BCUT2D eigenvalue weighted by atomic mass is 10.1. The summed E-state index contributed by atoms with van der Waals surface area (Å²) in [5.41, 5.74) is 1.92. The van der Waals surface area contributed by atoms with Crippen molar-refractivity contribution in [3.05, 3.63) is 70.5 Å². The Balaban J connectivity index is 1.80. The van der Waals surface area contributed by atoms with E-state index >= 15 is 0 Å². The molecule has 2 rings (SSSR count). The molecule has 5 heteroatoms. The van der Waals surface area contributed by atoms with E-state index in [2.05, 4.69) is 10.6 Å². The highest BCUT2D eigenvalue weighted by Crippen LogP contribution is 2.20. The topological polar surface area (TPSA) is 41.1 Å². The molecule has 0 saturated carbocycles. The molecule has 2 aromatic rings. The molecule has 3 nitrogen and oxygen atoms in total. The van der Waals surface area contributed by atoms with Gasteiger partial charge < -0.3 is 10.6 Å². The van der Waals surface area contributed by atoms with Gasteiger partial charge in [0.25, 0.3) is 0 Å². The minimum absolute atomic E-state index is 0.0515. The van der Waals surface area contributed by atoms with Crippen LogP contribution in [0.1, 0.15) is 24.1 Å². The molecule has 22 heavy (non-hydrogen) atoms. The van der Waals surface area contributed by atoms with Gasteiger partial charge >= 0.3 is 6.03 Å². The van der Waals surface area contributed by atoms with Crippen LogP contribution >= 0.6 is 11.6 Å². The highest BCUT2D eigenvalue weighted by atomic mass is 35.5. The Morgan fingerprint density at radius 1 is 1.23 bits per heavy atom. The molecule has 0 unspecified atom stereocenters. The summed E-state index contributed by atoms with van der Waals surface area (Å²) in [4.78, 5) is 11.8. The van der Waals surface area contributed by atoms with Crippen molar-refractivity contribution in [2.24, 2.45) is 0 Å². The van der Waals surface area contributed by atoms with E-state index in [9.17, 15) is 9.18 Å². The maximum absolute atomic E-state index is 13.1. The molecule has 0 aliphatic rings. The predicted octanol–water partition coefficient (Wildman–Crippen LogP) is 4.08. The monoisotopic (exact) mass is 320 g/mol. The fourth-order valence-corrected chi connectivity index (χ4v) is 2.27. The molecule has 1 atom stereocenters. The van der Waals surface area contributed by atoms with Gasteiger partial charge in [-0.1, -0.05) is 48.0 Å². The third-order valence-electron chi connectivity index (χ3n) is 3.33. The molecule has 116 valence electrons. The van der Waals surface area contributed by atoms with E-state index in [1.807, 2.05) is 37.3 Å². The van der Waals surface area contributed by atoms with Gasteiger partial charge in [0.15, 0.2) is 0 Å². The van der Waals surface area contributed by atoms with E-state index < -0.39 is 5.82 Å². The molecule has 0 fully saturated rings. The van der Waals surface area contributed by atoms with Crippen LogP contribution in [0.5, 0.6) is 0 Å². The highest BCUT2D eigenvalue weighted by Gasteiger charge is 2.11. The second kappa shape index (κ2) is 7.80. The first-order valence-electron chi connectivity index (χ1n) is 7.09. The molecule has 0 radical (unpaired) electrons. The first-order valence-corrected chi connectivity index (χ1v) is 7.47. The van der Waals surface area contributed by atoms with Crippen molar-refractivity contribution in [2.45, 2.75) is 19.4 Å². The number of hydrogen-bond acceptors (Lipinski definition) is 1. The Hall–Kier alpha value is -2.07. The summed E-state index contributed by atoms with van der Waals surface area (Å²) >= 11 is 5.74. The number of carbonyl (C=O) groups excluding carboxylic acids is 1. The fraction of sp³-hybridized carbons (Fsp3) is 0.235. The normalized spacial score (nSPS) is 11.8. The molecule has 2 N–H and O–H groups in total. The van der Waals surface area contributed by atoms with Gasteiger partial charge in [-0.2, -0.15) is 0 Å². The van der Waals surface area contributed by atoms with E-state index in [0.29, 0.717) is 6.54 Å². The number of amides is 2. The third-order valence-corrected chi connectivity index (χ3v) is 3.62. The van der Waals surface area contributed by atoms with Gasteiger partial charge in [0.05, 0.1) is 11.1 Å². The van der Waals surface area contributed by atoms with Crippen LogP contribution in [0.3, 0.4) is 0 Å². The van der Waals surface area contributed by atoms with Gasteiger partial charge in [-0.3, -0.25) is 0 Å². The lowest BCUT2D eigenvalue weighted by molar-refractivity contribution is 0.238. The van der Waals surface area contributed by atoms with Crippen LogP contribution in [0.25, 0.3) is 0 Å². The van der Waals surface area contributed by atoms with Crippen molar-refractivity contribution in [3.63, 3.8) is 0 Å². The molecule has 0 aliphatic heterocycles. The number of carbonyl (C=O) groups is 1. The van der Waals surface area contributed by atoms with E-state index in [1.165, 1.54) is 17.7 Å². The van der Waals surface area contributed by atoms with Crippen LogP contribution in [-0.4, -0.2) is 12.6 Å². The first kappa shape index (κ1) is 16.3. The van der Waals surface area contributed by atoms with Crippen molar-refractivity contribution in [1.82, 2.24) is 10.6 Å². The number of nitrogens with one attached hydrogen (secondary N) is 2. The summed E-state index contributed by atoms with van der Waals surface area (Å²) in [5, 5.41) is 5.65. The molecule has 0 spiro atoms. The van der Waals surface area contributed by atoms with Gasteiger partial charge in [0, 0.05) is 6.54 Å². The van der Waals surface area contributed by atoms with Crippen molar-refractivity contribution >= 4 is 17.6 Å². The van der Waals surface area contributed by atoms with Crippen LogP contribution < -0.4 is 10.6 Å². The number of halogens is 2. The third kappa shape index (κ3) is 4.74. The van der Waals surface area contributed by atoms with Gasteiger partial charge in [-0.05, 0) is 36.6 Å². The van der Waals surface area contributed by atoms with Crippen molar-refractivity contribution in [2.75, 3.05) is 6.54 Å². The van der Waals surface area contributed by atoms with Crippen molar-refractivity contribution < 1.29 is 9.18 Å². The van der Waals surface area contributed by atoms with Gasteiger partial charge in [0.1, 0.15) is 5.82 Å². The molecule has 0 bridgehead atoms. The van der Waals surface area contributed by atoms with Crippen LogP contribution in [0.4, 0.5) is 9.18 Å². The molecule has 2 aromatic carbocycles. The van der Waals surface area contributed by atoms with E-state index in [0.717, 1.165) is 12.0 Å². The Bertz CT molecular complexity index is 634. The summed E-state index contributed by atoms with van der Waals surface area (Å²) in [6.45, 7) is 2.37. The molecule has 2 amide bonds. The second-order valence-corrected chi connectivity index (χ2v) is 5.44. The lowest BCUT2D eigenvalue weighted by Crippen LogP contribution is -2.38. The number of hydrogen-bond donors (Lipinski definition) is 2. The molecular weight excluding hydrogens is 303 g/mol. The Kier molecular flexibility index (Phi) is 5.78. The van der Waals surface area contributed by atoms with Gasteiger partial charge in [-0.25, -0.2) is 9.18 Å².